The molecule has 3 rings (SSSR count). The minimum absolute atomic E-state index is 0.267. The van der Waals surface area contributed by atoms with E-state index in [1.807, 2.05) is 24.3 Å². The van der Waals surface area contributed by atoms with Crippen molar-refractivity contribution in [2.45, 2.75) is 11.4 Å². The van der Waals surface area contributed by atoms with E-state index in [1.165, 1.54) is 4.31 Å². The molecule has 2 N–H and O–H groups in total. The van der Waals surface area contributed by atoms with Crippen LogP contribution >= 0.6 is 28.1 Å². The van der Waals surface area contributed by atoms with Crippen LogP contribution in [0.4, 0.5) is 5.69 Å². The largest absolute Gasteiger partial charge is 0.379 e. The van der Waals surface area contributed by atoms with Crippen LogP contribution in [-0.4, -0.2) is 44.1 Å². The van der Waals surface area contributed by atoms with Crippen LogP contribution in [0.5, 0.6) is 0 Å². The molecule has 0 atom stereocenters. The van der Waals surface area contributed by atoms with E-state index in [9.17, 15) is 8.42 Å². The van der Waals surface area contributed by atoms with Crippen molar-refractivity contribution in [3.8, 4) is 0 Å². The van der Waals surface area contributed by atoms with E-state index in [0.717, 1.165) is 15.7 Å². The third-order valence-corrected chi connectivity index (χ3v) is 6.71. The molecule has 0 aliphatic carbocycles. The SMILES string of the molecule is O=S(=O)(c1ccc(NC(=S)NCc2cccc(Br)c2)cc1)N1CCOCC1. The molecular formula is C18H20BrN3O3S2. The van der Waals surface area contributed by atoms with Gasteiger partial charge in [-0.25, -0.2) is 8.42 Å². The Labute approximate surface area is 173 Å². The van der Waals surface area contributed by atoms with Gasteiger partial charge in [-0.1, -0.05) is 28.1 Å². The molecule has 9 heteroatoms. The third-order valence-electron chi connectivity index (χ3n) is 4.06. The summed E-state index contributed by atoms with van der Waals surface area (Å²) in [6, 6.07) is 14.5. The summed E-state index contributed by atoms with van der Waals surface area (Å²) in [5, 5.41) is 6.67. The fraction of sp³-hybridized carbons (Fsp3) is 0.278. The first-order chi connectivity index (χ1) is 12.9. The lowest BCUT2D eigenvalue weighted by molar-refractivity contribution is 0.0730. The number of sulfonamides is 1. The predicted molar refractivity (Wildman–Crippen MR) is 113 cm³/mol. The molecule has 0 unspecified atom stereocenters. The van der Waals surface area contributed by atoms with Gasteiger partial charge < -0.3 is 15.4 Å². The van der Waals surface area contributed by atoms with Crippen LogP contribution in [0.2, 0.25) is 0 Å². The first kappa shape index (κ1) is 20.2. The standard InChI is InChI=1S/C18H20BrN3O3S2/c19-15-3-1-2-14(12-15)13-20-18(26)21-16-4-6-17(7-5-16)27(23,24)22-8-10-25-11-9-22/h1-7,12H,8-11,13H2,(H2,20,21,26). The number of ether oxygens (including phenoxy) is 1. The predicted octanol–water partition coefficient (Wildman–Crippen LogP) is 2.96. The Morgan fingerprint density at radius 1 is 1.15 bits per heavy atom. The molecule has 0 amide bonds. The summed E-state index contributed by atoms with van der Waals surface area (Å²) in [6.45, 7) is 2.21. The van der Waals surface area contributed by atoms with Crippen LogP contribution in [0, 0.1) is 0 Å². The summed E-state index contributed by atoms with van der Waals surface area (Å²) in [5.74, 6) is 0. The molecule has 0 radical (unpaired) electrons. The number of hydrogen-bond acceptors (Lipinski definition) is 4. The monoisotopic (exact) mass is 469 g/mol. The Hall–Kier alpha value is -1.52. The van der Waals surface area contributed by atoms with E-state index in [2.05, 4.69) is 26.6 Å². The van der Waals surface area contributed by atoms with Gasteiger partial charge in [-0.3, -0.25) is 0 Å². The molecule has 0 spiro atoms. The molecule has 1 aliphatic rings. The molecule has 0 bridgehead atoms. The number of nitrogens with one attached hydrogen (secondary N) is 2. The molecule has 27 heavy (non-hydrogen) atoms. The van der Waals surface area contributed by atoms with Gasteiger partial charge in [0.25, 0.3) is 0 Å². The summed E-state index contributed by atoms with van der Waals surface area (Å²) < 4.78 is 32.9. The first-order valence-electron chi connectivity index (χ1n) is 8.42. The van der Waals surface area contributed by atoms with E-state index in [4.69, 9.17) is 17.0 Å². The van der Waals surface area contributed by atoms with Crippen LogP contribution < -0.4 is 10.6 Å². The number of hydrogen-bond donors (Lipinski definition) is 2. The van der Waals surface area contributed by atoms with Crippen molar-refractivity contribution in [1.29, 1.82) is 0 Å². The van der Waals surface area contributed by atoms with Crippen LogP contribution in [0.25, 0.3) is 0 Å². The van der Waals surface area contributed by atoms with Crippen molar-refractivity contribution >= 4 is 49.0 Å². The zero-order valence-corrected chi connectivity index (χ0v) is 17.7. The number of anilines is 1. The van der Waals surface area contributed by atoms with Gasteiger partial charge in [-0.15, -0.1) is 0 Å². The Morgan fingerprint density at radius 3 is 2.52 bits per heavy atom. The van der Waals surface area contributed by atoms with Gasteiger partial charge in [0, 0.05) is 29.8 Å². The van der Waals surface area contributed by atoms with Gasteiger partial charge in [-0.2, -0.15) is 4.31 Å². The maximum Gasteiger partial charge on any atom is 0.243 e. The van der Waals surface area contributed by atoms with Gasteiger partial charge in [0.05, 0.1) is 18.1 Å². The van der Waals surface area contributed by atoms with Crippen molar-refractivity contribution in [1.82, 2.24) is 9.62 Å². The van der Waals surface area contributed by atoms with E-state index >= 15 is 0 Å². The van der Waals surface area contributed by atoms with Crippen LogP contribution in [0.15, 0.2) is 57.9 Å². The molecular weight excluding hydrogens is 450 g/mol. The quantitative estimate of drug-likeness (QED) is 0.655. The van der Waals surface area contributed by atoms with Gasteiger partial charge in [0.15, 0.2) is 5.11 Å². The topological polar surface area (TPSA) is 70.7 Å². The van der Waals surface area contributed by atoms with Crippen molar-refractivity contribution in [2.24, 2.45) is 0 Å². The summed E-state index contributed by atoms with van der Waals surface area (Å²) in [7, 11) is -3.48. The molecule has 6 nitrogen and oxygen atoms in total. The Bertz CT molecular complexity index is 898. The maximum atomic E-state index is 12.6. The third kappa shape index (κ3) is 5.49. The number of rotatable bonds is 5. The molecule has 1 aliphatic heterocycles. The van der Waals surface area contributed by atoms with Crippen molar-refractivity contribution in [3.63, 3.8) is 0 Å². The van der Waals surface area contributed by atoms with Crippen LogP contribution in [0.3, 0.4) is 0 Å². The Morgan fingerprint density at radius 2 is 1.85 bits per heavy atom. The van der Waals surface area contributed by atoms with Crippen molar-refractivity contribution < 1.29 is 13.2 Å². The highest BCUT2D eigenvalue weighted by molar-refractivity contribution is 9.10. The van der Waals surface area contributed by atoms with E-state index in [-0.39, 0.29) is 4.90 Å². The van der Waals surface area contributed by atoms with Crippen LogP contribution in [-0.2, 0) is 21.3 Å². The number of morpholine rings is 1. The van der Waals surface area contributed by atoms with Crippen LogP contribution in [0.1, 0.15) is 5.56 Å². The van der Waals surface area contributed by atoms with Gasteiger partial charge in [0.2, 0.25) is 10.0 Å². The molecule has 1 fully saturated rings. The average molecular weight is 470 g/mol. The van der Waals surface area contributed by atoms with Gasteiger partial charge in [-0.05, 0) is 54.2 Å². The molecule has 144 valence electrons. The summed E-state index contributed by atoms with van der Waals surface area (Å²) in [6.07, 6.45) is 0. The maximum absolute atomic E-state index is 12.6. The normalized spacial score (nSPS) is 15.3. The number of nitrogens with zero attached hydrogens (tertiary/aromatic N) is 1. The highest BCUT2D eigenvalue weighted by atomic mass is 79.9. The second kappa shape index (κ2) is 9.11. The smallest absolute Gasteiger partial charge is 0.243 e. The number of benzene rings is 2. The first-order valence-corrected chi connectivity index (χ1v) is 11.1. The highest BCUT2D eigenvalue weighted by Crippen LogP contribution is 2.19. The minimum Gasteiger partial charge on any atom is -0.379 e. The fourth-order valence-corrected chi connectivity index (χ4v) is 4.70. The Kier molecular flexibility index (Phi) is 6.83. The molecule has 2 aromatic rings. The zero-order chi connectivity index (χ0) is 19.3. The van der Waals surface area contributed by atoms with E-state index in [0.29, 0.717) is 38.0 Å². The fourth-order valence-electron chi connectivity index (χ4n) is 2.65. The van der Waals surface area contributed by atoms with Gasteiger partial charge >= 0.3 is 0 Å². The molecule has 0 saturated carbocycles. The lowest BCUT2D eigenvalue weighted by Crippen LogP contribution is -2.40. The van der Waals surface area contributed by atoms with Crippen molar-refractivity contribution in [3.05, 3.63) is 58.6 Å². The average Bonchev–Trinajstić information content (AvgIpc) is 2.68. The van der Waals surface area contributed by atoms with E-state index < -0.39 is 10.0 Å². The Balaban J connectivity index is 1.57. The molecule has 1 saturated heterocycles. The van der Waals surface area contributed by atoms with Gasteiger partial charge in [0.1, 0.15) is 0 Å². The molecule has 1 heterocycles. The molecule has 0 aromatic heterocycles. The second-order valence-corrected chi connectivity index (χ2v) is 9.24. The summed E-state index contributed by atoms with van der Waals surface area (Å²) in [5.41, 5.74) is 1.82. The number of halogens is 1. The lowest BCUT2D eigenvalue weighted by Gasteiger charge is -2.26. The lowest BCUT2D eigenvalue weighted by atomic mass is 10.2. The minimum atomic E-state index is -3.48. The summed E-state index contributed by atoms with van der Waals surface area (Å²) >= 11 is 8.74. The second-order valence-electron chi connectivity index (χ2n) is 5.98. The van der Waals surface area contributed by atoms with Crippen molar-refractivity contribution in [2.75, 3.05) is 31.6 Å². The number of thiocarbonyl (C=S) groups is 1. The molecule has 2 aromatic carbocycles. The zero-order valence-electron chi connectivity index (χ0n) is 14.5. The van der Waals surface area contributed by atoms with E-state index in [1.54, 1.807) is 24.3 Å². The summed E-state index contributed by atoms with van der Waals surface area (Å²) in [4.78, 5) is 0.267. The highest BCUT2D eigenvalue weighted by Gasteiger charge is 2.26.